The zero-order valence-corrected chi connectivity index (χ0v) is 7.70. The fourth-order valence-corrected chi connectivity index (χ4v) is 1.38. The molecule has 0 amide bonds. The van der Waals surface area contributed by atoms with E-state index < -0.39 is 0 Å². The second-order valence-electron chi connectivity index (χ2n) is 3.05. The number of hydrogen-bond acceptors (Lipinski definition) is 2. The van der Waals surface area contributed by atoms with E-state index in [0.29, 0.717) is 6.42 Å². The molecule has 2 rings (SSSR count). The lowest BCUT2D eigenvalue weighted by Gasteiger charge is -2.00. The molecular formula is C11H11N2O. The summed E-state index contributed by atoms with van der Waals surface area (Å²) in [6.07, 6.45) is 5.08. The number of hydrogen-bond donors (Lipinski definition) is 2. The standard InChI is InChI=1S/C11H11N2O/c14-7-4-9-2-1-3-10(8-9)11-12-5-6-13-11/h1-3,5,8,14H,4,7H2,(H,12,13). The maximum absolute atomic E-state index is 8.81. The first kappa shape index (κ1) is 8.97. The number of aromatic amines is 1. The average molecular weight is 187 g/mol. The van der Waals surface area contributed by atoms with Gasteiger partial charge >= 0.3 is 0 Å². The number of aliphatic hydroxyl groups is 1. The summed E-state index contributed by atoms with van der Waals surface area (Å²) in [6, 6.07) is 7.95. The number of nitrogens with one attached hydrogen (secondary N) is 1. The molecule has 14 heavy (non-hydrogen) atoms. The topological polar surface area (TPSA) is 48.9 Å². The molecule has 0 unspecified atom stereocenters. The lowest BCUT2D eigenvalue weighted by Crippen LogP contribution is -1.91. The molecule has 2 N–H and O–H groups in total. The van der Waals surface area contributed by atoms with Crippen LogP contribution in [0.1, 0.15) is 5.56 Å². The smallest absolute Gasteiger partial charge is 0.138 e. The molecule has 2 aromatic rings. The van der Waals surface area contributed by atoms with E-state index in [1.54, 1.807) is 6.20 Å². The van der Waals surface area contributed by atoms with E-state index in [-0.39, 0.29) is 6.61 Å². The largest absolute Gasteiger partial charge is 0.396 e. The van der Waals surface area contributed by atoms with Crippen LogP contribution in [0.4, 0.5) is 0 Å². The molecule has 1 heterocycles. The van der Waals surface area contributed by atoms with Crippen molar-refractivity contribution in [3.05, 3.63) is 42.2 Å². The molecule has 1 aromatic carbocycles. The molecule has 1 aromatic heterocycles. The van der Waals surface area contributed by atoms with Crippen molar-refractivity contribution >= 4 is 0 Å². The average Bonchev–Trinajstić information content (AvgIpc) is 2.71. The molecule has 0 saturated heterocycles. The van der Waals surface area contributed by atoms with Crippen LogP contribution < -0.4 is 0 Å². The van der Waals surface area contributed by atoms with Gasteiger partial charge in [-0.3, -0.25) is 0 Å². The summed E-state index contributed by atoms with van der Waals surface area (Å²) in [5.74, 6) is 0.810. The van der Waals surface area contributed by atoms with Crippen molar-refractivity contribution in [3.8, 4) is 11.4 Å². The third-order valence-corrected chi connectivity index (χ3v) is 2.05. The summed E-state index contributed by atoms with van der Waals surface area (Å²) in [5, 5.41) is 8.81. The molecule has 0 fully saturated rings. The van der Waals surface area contributed by atoms with Gasteiger partial charge in [0.05, 0.1) is 0 Å². The number of nitrogens with zero attached hydrogens (tertiary/aromatic N) is 1. The SMILES string of the molecule is OCCc1cccc(-c2n[c]c[nH]2)c1. The van der Waals surface area contributed by atoms with Crippen LogP contribution in [0.2, 0.25) is 0 Å². The van der Waals surface area contributed by atoms with Crippen LogP contribution in [0.25, 0.3) is 11.4 Å². The number of H-pyrrole nitrogens is 1. The number of rotatable bonds is 3. The second-order valence-corrected chi connectivity index (χ2v) is 3.05. The Morgan fingerprint density at radius 2 is 2.36 bits per heavy atom. The molecule has 0 aliphatic heterocycles. The van der Waals surface area contributed by atoms with Crippen molar-refractivity contribution in [2.24, 2.45) is 0 Å². The van der Waals surface area contributed by atoms with E-state index in [2.05, 4.69) is 16.2 Å². The van der Waals surface area contributed by atoms with Crippen molar-refractivity contribution in [1.82, 2.24) is 9.97 Å². The van der Waals surface area contributed by atoms with Crippen molar-refractivity contribution in [1.29, 1.82) is 0 Å². The van der Waals surface area contributed by atoms with E-state index in [4.69, 9.17) is 5.11 Å². The van der Waals surface area contributed by atoms with Crippen LogP contribution in [-0.4, -0.2) is 21.7 Å². The molecule has 0 spiro atoms. The fourth-order valence-electron chi connectivity index (χ4n) is 1.38. The predicted octanol–water partition coefficient (Wildman–Crippen LogP) is 1.41. The van der Waals surface area contributed by atoms with Crippen LogP contribution in [0.5, 0.6) is 0 Å². The molecular weight excluding hydrogens is 176 g/mol. The van der Waals surface area contributed by atoms with Gasteiger partial charge in [0, 0.05) is 18.4 Å². The number of imidazole rings is 1. The van der Waals surface area contributed by atoms with Gasteiger partial charge in [-0.2, -0.15) is 0 Å². The van der Waals surface area contributed by atoms with E-state index in [0.717, 1.165) is 17.0 Å². The first-order valence-electron chi connectivity index (χ1n) is 4.52. The van der Waals surface area contributed by atoms with Gasteiger partial charge in [-0.05, 0) is 18.1 Å². The van der Waals surface area contributed by atoms with Crippen molar-refractivity contribution in [3.63, 3.8) is 0 Å². The molecule has 0 aliphatic carbocycles. The fraction of sp³-hybridized carbons (Fsp3) is 0.182. The third-order valence-electron chi connectivity index (χ3n) is 2.05. The first-order chi connectivity index (χ1) is 6.90. The van der Waals surface area contributed by atoms with Crippen molar-refractivity contribution < 1.29 is 5.11 Å². The van der Waals surface area contributed by atoms with Crippen LogP contribution in [0.3, 0.4) is 0 Å². The predicted molar refractivity (Wildman–Crippen MR) is 53.6 cm³/mol. The Kier molecular flexibility index (Phi) is 2.60. The van der Waals surface area contributed by atoms with Crippen molar-refractivity contribution in [2.45, 2.75) is 6.42 Å². The Morgan fingerprint density at radius 3 is 3.07 bits per heavy atom. The van der Waals surface area contributed by atoms with Gasteiger partial charge in [-0.15, -0.1) is 0 Å². The second kappa shape index (κ2) is 4.07. The van der Waals surface area contributed by atoms with Crippen LogP contribution in [-0.2, 0) is 6.42 Å². The number of aromatic nitrogens is 2. The van der Waals surface area contributed by atoms with E-state index >= 15 is 0 Å². The number of aliphatic hydroxyl groups excluding tert-OH is 1. The third kappa shape index (κ3) is 1.83. The Labute approximate surface area is 82.4 Å². The van der Waals surface area contributed by atoms with Crippen molar-refractivity contribution in [2.75, 3.05) is 6.61 Å². The highest BCUT2D eigenvalue weighted by Gasteiger charge is 2.00. The molecule has 3 heteroatoms. The molecule has 71 valence electrons. The zero-order chi connectivity index (χ0) is 9.80. The van der Waals surface area contributed by atoms with Crippen LogP contribution >= 0.6 is 0 Å². The monoisotopic (exact) mass is 187 g/mol. The molecule has 0 aliphatic rings. The molecule has 1 radical (unpaired) electrons. The maximum Gasteiger partial charge on any atom is 0.138 e. The maximum atomic E-state index is 8.81. The Balaban J connectivity index is 2.31. The Hall–Kier alpha value is -1.61. The summed E-state index contributed by atoms with van der Waals surface area (Å²) in [4.78, 5) is 7.04. The molecule has 0 bridgehead atoms. The van der Waals surface area contributed by atoms with Crippen LogP contribution in [0, 0.1) is 6.20 Å². The quantitative estimate of drug-likeness (QED) is 0.763. The molecule has 0 saturated carbocycles. The van der Waals surface area contributed by atoms with E-state index in [9.17, 15) is 0 Å². The summed E-state index contributed by atoms with van der Waals surface area (Å²) in [5.41, 5.74) is 2.14. The van der Waals surface area contributed by atoms with Gasteiger partial charge in [-0.1, -0.05) is 18.2 Å². The van der Waals surface area contributed by atoms with Gasteiger partial charge < -0.3 is 10.1 Å². The van der Waals surface area contributed by atoms with E-state index in [1.807, 2.05) is 24.3 Å². The highest BCUT2D eigenvalue weighted by molar-refractivity contribution is 5.55. The lowest BCUT2D eigenvalue weighted by atomic mass is 10.1. The van der Waals surface area contributed by atoms with Gasteiger partial charge in [0.25, 0.3) is 0 Å². The molecule has 0 atom stereocenters. The summed E-state index contributed by atoms with van der Waals surface area (Å²) in [6.45, 7) is 0.174. The minimum atomic E-state index is 0.174. The van der Waals surface area contributed by atoms with E-state index in [1.165, 1.54) is 0 Å². The minimum Gasteiger partial charge on any atom is -0.396 e. The lowest BCUT2D eigenvalue weighted by molar-refractivity contribution is 0.299. The minimum absolute atomic E-state index is 0.174. The van der Waals surface area contributed by atoms with Crippen LogP contribution in [0.15, 0.2) is 30.5 Å². The van der Waals surface area contributed by atoms with Gasteiger partial charge in [0.2, 0.25) is 0 Å². The number of benzene rings is 1. The van der Waals surface area contributed by atoms with Gasteiger partial charge in [0.15, 0.2) is 0 Å². The Bertz CT molecular complexity index is 395. The zero-order valence-electron chi connectivity index (χ0n) is 7.70. The van der Waals surface area contributed by atoms with Gasteiger partial charge in [-0.25, -0.2) is 4.98 Å². The molecule has 3 nitrogen and oxygen atoms in total. The highest BCUT2D eigenvalue weighted by atomic mass is 16.2. The Morgan fingerprint density at radius 1 is 1.43 bits per heavy atom. The normalized spacial score (nSPS) is 10.4. The summed E-state index contributed by atoms with van der Waals surface area (Å²) in [7, 11) is 0. The van der Waals surface area contributed by atoms with Gasteiger partial charge in [0.1, 0.15) is 12.0 Å². The highest BCUT2D eigenvalue weighted by Crippen LogP contribution is 2.15. The first-order valence-corrected chi connectivity index (χ1v) is 4.52. The summed E-state index contributed by atoms with van der Waals surface area (Å²) >= 11 is 0. The summed E-state index contributed by atoms with van der Waals surface area (Å²) < 4.78 is 0.